The predicted octanol–water partition coefficient (Wildman–Crippen LogP) is 6.20. The van der Waals surface area contributed by atoms with Gasteiger partial charge in [0.25, 0.3) is 10.0 Å². The molecule has 0 radical (unpaired) electrons. The van der Waals surface area contributed by atoms with Crippen LogP contribution in [0.25, 0.3) is 0 Å². The molecule has 3 rings (SSSR count). The third-order valence-corrected chi connectivity index (χ3v) is 9.66. The lowest BCUT2D eigenvalue weighted by Crippen LogP contribution is -2.52. The normalized spacial score (nSPS) is 11.8. The van der Waals surface area contributed by atoms with Crippen molar-refractivity contribution in [2.75, 3.05) is 38.7 Å². The summed E-state index contributed by atoms with van der Waals surface area (Å²) in [5, 5.41) is 3.61. The zero-order valence-electron chi connectivity index (χ0n) is 25.6. The van der Waals surface area contributed by atoms with E-state index in [1.807, 2.05) is 6.92 Å². The average Bonchev–Trinajstić information content (AvgIpc) is 3.03. The van der Waals surface area contributed by atoms with Gasteiger partial charge in [-0.3, -0.25) is 13.9 Å². The molecule has 0 saturated carbocycles. The Morgan fingerprint density at radius 1 is 0.867 bits per heavy atom. The van der Waals surface area contributed by atoms with Gasteiger partial charge in [-0.05, 0) is 55.3 Å². The lowest BCUT2D eigenvalue weighted by molar-refractivity contribution is -0.140. The monoisotopic (exact) mass is 699 g/mol. The van der Waals surface area contributed by atoms with Crippen molar-refractivity contribution in [3.05, 3.63) is 75.2 Å². The average molecular weight is 701 g/mol. The van der Waals surface area contributed by atoms with E-state index in [1.54, 1.807) is 25.1 Å². The third-order valence-electron chi connectivity index (χ3n) is 6.96. The fraction of sp³-hybridized carbons (Fsp3) is 0.355. The lowest BCUT2D eigenvalue weighted by atomic mass is 10.1. The molecule has 1 N–H and O–H groups in total. The minimum atomic E-state index is -4.49. The summed E-state index contributed by atoms with van der Waals surface area (Å²) in [6.07, 6.45) is 0.907. The van der Waals surface area contributed by atoms with E-state index in [9.17, 15) is 18.0 Å². The molecular weight excluding hydrogens is 665 g/mol. The topological polar surface area (TPSA) is 114 Å². The first-order valence-electron chi connectivity index (χ1n) is 14.0. The van der Waals surface area contributed by atoms with E-state index in [4.69, 9.17) is 49.0 Å². The van der Waals surface area contributed by atoms with Crippen LogP contribution in [0.5, 0.6) is 17.2 Å². The van der Waals surface area contributed by atoms with Crippen molar-refractivity contribution < 1.29 is 32.2 Å². The van der Waals surface area contributed by atoms with Gasteiger partial charge in [0.15, 0.2) is 11.5 Å². The summed E-state index contributed by atoms with van der Waals surface area (Å²) in [5.41, 5.74) is 0.415. The molecule has 0 aliphatic heterocycles. The maximum atomic E-state index is 14.4. The van der Waals surface area contributed by atoms with Crippen molar-refractivity contribution in [2.45, 2.75) is 44.2 Å². The first kappa shape index (κ1) is 36.1. The molecule has 0 spiro atoms. The van der Waals surface area contributed by atoms with Crippen molar-refractivity contribution in [1.82, 2.24) is 10.2 Å². The molecule has 0 aromatic heterocycles. The summed E-state index contributed by atoms with van der Waals surface area (Å²) in [7, 11) is -0.317. The van der Waals surface area contributed by atoms with Gasteiger partial charge in [0.2, 0.25) is 11.8 Å². The molecule has 244 valence electrons. The van der Waals surface area contributed by atoms with Crippen LogP contribution in [0.4, 0.5) is 5.69 Å². The van der Waals surface area contributed by atoms with Crippen molar-refractivity contribution >= 4 is 62.3 Å². The largest absolute Gasteiger partial charge is 0.495 e. The van der Waals surface area contributed by atoms with Crippen LogP contribution in [0.2, 0.25) is 15.1 Å². The lowest BCUT2D eigenvalue weighted by Gasteiger charge is -2.34. The Bertz CT molecular complexity index is 1600. The third kappa shape index (κ3) is 8.46. The smallest absolute Gasteiger partial charge is 0.265 e. The fourth-order valence-electron chi connectivity index (χ4n) is 4.61. The van der Waals surface area contributed by atoms with E-state index in [1.165, 1.54) is 62.6 Å². The summed E-state index contributed by atoms with van der Waals surface area (Å²) in [5.74, 6) is -0.478. The fourth-order valence-corrected chi connectivity index (χ4v) is 6.73. The molecule has 1 atom stereocenters. The summed E-state index contributed by atoms with van der Waals surface area (Å²) in [4.78, 5) is 28.8. The Labute approximate surface area is 279 Å². The van der Waals surface area contributed by atoms with E-state index in [-0.39, 0.29) is 50.1 Å². The van der Waals surface area contributed by atoms with E-state index in [0.29, 0.717) is 24.3 Å². The molecule has 2 amide bonds. The number of benzene rings is 3. The van der Waals surface area contributed by atoms with Gasteiger partial charge in [-0.1, -0.05) is 54.7 Å². The van der Waals surface area contributed by atoms with Gasteiger partial charge in [-0.2, -0.15) is 0 Å². The van der Waals surface area contributed by atoms with Gasteiger partial charge in [0.05, 0.1) is 31.9 Å². The number of carbonyl (C=O) groups excluding carboxylic acids is 2. The van der Waals surface area contributed by atoms with Gasteiger partial charge < -0.3 is 24.4 Å². The number of amides is 2. The van der Waals surface area contributed by atoms with Crippen molar-refractivity contribution in [1.29, 1.82) is 0 Å². The molecule has 3 aromatic rings. The Hall–Kier alpha value is -3.38. The Balaban J connectivity index is 2.20. The highest BCUT2D eigenvalue weighted by Gasteiger charge is 2.35. The molecule has 0 bridgehead atoms. The van der Waals surface area contributed by atoms with Crippen molar-refractivity contribution in [2.24, 2.45) is 0 Å². The van der Waals surface area contributed by atoms with Gasteiger partial charge in [-0.15, -0.1) is 0 Å². The highest BCUT2D eigenvalue weighted by Crippen LogP contribution is 2.37. The molecule has 0 fully saturated rings. The van der Waals surface area contributed by atoms with E-state index in [0.717, 1.165) is 4.31 Å². The van der Waals surface area contributed by atoms with Gasteiger partial charge in [0.1, 0.15) is 18.3 Å². The number of carbonyl (C=O) groups is 2. The molecule has 3 aromatic carbocycles. The molecule has 0 saturated heterocycles. The Kier molecular flexibility index (Phi) is 13.0. The second kappa shape index (κ2) is 16.3. The van der Waals surface area contributed by atoms with E-state index in [2.05, 4.69) is 5.32 Å². The van der Waals surface area contributed by atoms with Crippen LogP contribution in [0, 0.1) is 0 Å². The summed E-state index contributed by atoms with van der Waals surface area (Å²) in [6, 6.07) is 12.4. The zero-order chi connectivity index (χ0) is 33.3. The molecule has 45 heavy (non-hydrogen) atoms. The van der Waals surface area contributed by atoms with Crippen LogP contribution in [0.1, 0.15) is 32.3 Å². The molecule has 0 aliphatic carbocycles. The number of rotatable bonds is 15. The minimum absolute atomic E-state index is 0.00680. The van der Waals surface area contributed by atoms with Crippen LogP contribution in [0.15, 0.2) is 59.5 Å². The molecule has 0 unspecified atom stereocenters. The van der Waals surface area contributed by atoms with Gasteiger partial charge >= 0.3 is 0 Å². The number of nitrogens with one attached hydrogen (secondary N) is 1. The number of halogens is 3. The number of anilines is 1. The standard InChI is InChI=1S/C31H36Cl3N3O7S/c1-6-15-35-31(39)25(7-2)36(18-22-23(33)9-8-10-24(22)34)30(38)19-37(26-16-20(32)11-13-27(26)42-3)45(40,41)21-12-14-28(43-4)29(17-21)44-5/h8-14,16-17,25H,6-7,15,18-19H2,1-5H3,(H,35,39)/t25-/m1/s1. The Morgan fingerprint density at radius 2 is 1.49 bits per heavy atom. The van der Waals surface area contributed by atoms with Crippen molar-refractivity contribution in [3.63, 3.8) is 0 Å². The number of sulfonamides is 1. The Morgan fingerprint density at radius 3 is 2.07 bits per heavy atom. The SMILES string of the molecule is CCCNC(=O)[C@@H](CC)N(Cc1c(Cl)cccc1Cl)C(=O)CN(c1cc(Cl)ccc1OC)S(=O)(=O)c1ccc(OC)c(OC)c1. The maximum absolute atomic E-state index is 14.4. The van der Waals surface area contributed by atoms with Crippen LogP contribution < -0.4 is 23.8 Å². The zero-order valence-corrected chi connectivity index (χ0v) is 28.7. The van der Waals surface area contributed by atoms with Gasteiger partial charge in [0, 0.05) is 39.8 Å². The number of hydrogen-bond donors (Lipinski definition) is 1. The first-order chi connectivity index (χ1) is 21.4. The second-order valence-corrected chi connectivity index (χ2v) is 12.9. The predicted molar refractivity (Wildman–Crippen MR) is 176 cm³/mol. The summed E-state index contributed by atoms with van der Waals surface area (Å²) < 4.78 is 45.7. The molecule has 10 nitrogen and oxygen atoms in total. The van der Waals surface area contributed by atoms with Crippen LogP contribution in [-0.4, -0.2) is 65.6 Å². The number of methoxy groups -OCH3 is 3. The second-order valence-electron chi connectivity index (χ2n) is 9.78. The van der Waals surface area contributed by atoms with Gasteiger partial charge in [-0.25, -0.2) is 8.42 Å². The minimum Gasteiger partial charge on any atom is -0.495 e. The molecule has 0 heterocycles. The van der Waals surface area contributed by atoms with Crippen molar-refractivity contribution in [3.8, 4) is 17.2 Å². The quantitative estimate of drug-likeness (QED) is 0.201. The number of hydrogen-bond acceptors (Lipinski definition) is 7. The first-order valence-corrected chi connectivity index (χ1v) is 16.6. The highest BCUT2D eigenvalue weighted by molar-refractivity contribution is 7.92. The summed E-state index contributed by atoms with van der Waals surface area (Å²) >= 11 is 19.3. The number of nitrogens with zero attached hydrogens (tertiary/aromatic N) is 2. The summed E-state index contributed by atoms with van der Waals surface area (Å²) in [6.45, 7) is 3.16. The van der Waals surface area contributed by atoms with Crippen LogP contribution >= 0.6 is 34.8 Å². The molecule has 14 heteroatoms. The maximum Gasteiger partial charge on any atom is 0.265 e. The van der Waals surface area contributed by atoms with Crippen LogP contribution in [-0.2, 0) is 26.2 Å². The molecular formula is C31H36Cl3N3O7S. The van der Waals surface area contributed by atoms with E-state index >= 15 is 0 Å². The number of ether oxygens (including phenoxy) is 3. The van der Waals surface area contributed by atoms with E-state index < -0.39 is 34.4 Å². The van der Waals surface area contributed by atoms with Crippen LogP contribution in [0.3, 0.4) is 0 Å². The molecule has 0 aliphatic rings. The highest BCUT2D eigenvalue weighted by atomic mass is 35.5.